The molecule has 2 nitrogen and oxygen atoms in total. The minimum absolute atomic E-state index is 0.149. The fourth-order valence-corrected chi connectivity index (χ4v) is 2.59. The number of nitrogens with one attached hydrogen (secondary N) is 1. The molecule has 0 aliphatic carbocycles. The summed E-state index contributed by atoms with van der Waals surface area (Å²) >= 11 is 0. The molecule has 0 radical (unpaired) electrons. The molecule has 0 aliphatic rings. The number of nitrogens with two attached hydrogens (primary N) is 1. The summed E-state index contributed by atoms with van der Waals surface area (Å²) in [6.45, 7) is 0. The zero-order chi connectivity index (χ0) is 13.1. The first-order valence-corrected chi connectivity index (χ1v) is 6.67. The maximum absolute atomic E-state index is 6.28. The van der Waals surface area contributed by atoms with Crippen molar-refractivity contribution < 1.29 is 0 Å². The highest BCUT2D eigenvalue weighted by molar-refractivity contribution is 5.82. The Morgan fingerprint density at radius 1 is 0.895 bits per heavy atom. The van der Waals surface area contributed by atoms with Crippen molar-refractivity contribution >= 4 is 10.9 Å². The van der Waals surface area contributed by atoms with Crippen LogP contribution in [0, 0.1) is 0 Å². The third kappa shape index (κ3) is 2.69. The lowest BCUT2D eigenvalue weighted by Crippen LogP contribution is -2.25. The maximum atomic E-state index is 6.28. The van der Waals surface area contributed by atoms with Gasteiger partial charge in [-0.3, -0.25) is 0 Å². The SMILES string of the molecule is NC(Cc1ccccc1)Cc1cccc2cc[nH]c12. The van der Waals surface area contributed by atoms with Crippen molar-refractivity contribution in [2.24, 2.45) is 5.73 Å². The Labute approximate surface area is 113 Å². The van der Waals surface area contributed by atoms with Crippen LogP contribution in [0.5, 0.6) is 0 Å². The minimum atomic E-state index is 0.149. The number of aromatic amines is 1. The van der Waals surface area contributed by atoms with Gasteiger partial charge in [-0.2, -0.15) is 0 Å². The molecular weight excluding hydrogens is 232 g/mol. The van der Waals surface area contributed by atoms with Gasteiger partial charge in [0.05, 0.1) is 0 Å². The van der Waals surface area contributed by atoms with E-state index in [1.807, 2.05) is 12.3 Å². The van der Waals surface area contributed by atoms with Crippen molar-refractivity contribution in [3.8, 4) is 0 Å². The summed E-state index contributed by atoms with van der Waals surface area (Å²) in [6.07, 6.45) is 3.79. The van der Waals surface area contributed by atoms with E-state index >= 15 is 0 Å². The molecule has 2 heteroatoms. The van der Waals surface area contributed by atoms with Gasteiger partial charge >= 0.3 is 0 Å². The largest absolute Gasteiger partial charge is 0.361 e. The van der Waals surface area contributed by atoms with Gasteiger partial charge in [0.25, 0.3) is 0 Å². The topological polar surface area (TPSA) is 41.8 Å². The number of hydrogen-bond donors (Lipinski definition) is 2. The molecule has 2 aromatic carbocycles. The lowest BCUT2D eigenvalue weighted by molar-refractivity contribution is 0.667. The van der Waals surface area contributed by atoms with Gasteiger partial charge in [-0.25, -0.2) is 0 Å². The molecule has 19 heavy (non-hydrogen) atoms. The molecule has 1 heterocycles. The first kappa shape index (κ1) is 12.0. The molecule has 0 aliphatic heterocycles. The van der Waals surface area contributed by atoms with Crippen LogP contribution in [-0.4, -0.2) is 11.0 Å². The summed E-state index contributed by atoms with van der Waals surface area (Å²) in [5.41, 5.74) is 10.1. The molecule has 3 rings (SSSR count). The van der Waals surface area contributed by atoms with Gasteiger partial charge in [0, 0.05) is 17.8 Å². The Bertz CT molecular complexity index is 655. The van der Waals surface area contributed by atoms with E-state index in [-0.39, 0.29) is 6.04 Å². The summed E-state index contributed by atoms with van der Waals surface area (Å²) in [5, 5.41) is 1.25. The van der Waals surface area contributed by atoms with Gasteiger partial charge in [-0.1, -0.05) is 48.5 Å². The summed E-state index contributed by atoms with van der Waals surface area (Å²) in [5.74, 6) is 0. The normalized spacial score (nSPS) is 12.7. The van der Waals surface area contributed by atoms with Gasteiger partial charge in [-0.05, 0) is 35.4 Å². The van der Waals surface area contributed by atoms with E-state index in [1.165, 1.54) is 22.0 Å². The lowest BCUT2D eigenvalue weighted by Gasteiger charge is -2.12. The molecule has 0 fully saturated rings. The highest BCUT2D eigenvalue weighted by Crippen LogP contribution is 2.18. The molecule has 0 spiro atoms. The van der Waals surface area contributed by atoms with E-state index in [2.05, 4.69) is 53.5 Å². The van der Waals surface area contributed by atoms with Crippen molar-refractivity contribution in [2.45, 2.75) is 18.9 Å². The highest BCUT2D eigenvalue weighted by atomic mass is 14.7. The number of H-pyrrole nitrogens is 1. The molecule has 0 bridgehead atoms. The van der Waals surface area contributed by atoms with Gasteiger partial charge < -0.3 is 10.7 Å². The number of hydrogen-bond acceptors (Lipinski definition) is 1. The first-order chi connectivity index (χ1) is 9.33. The van der Waals surface area contributed by atoms with Crippen LogP contribution in [0.4, 0.5) is 0 Å². The third-order valence-electron chi connectivity index (χ3n) is 3.50. The molecule has 96 valence electrons. The molecule has 0 saturated heterocycles. The minimum Gasteiger partial charge on any atom is -0.361 e. The Morgan fingerprint density at radius 3 is 2.58 bits per heavy atom. The number of benzene rings is 2. The summed E-state index contributed by atoms with van der Waals surface area (Å²) in [4.78, 5) is 3.30. The molecule has 0 amide bonds. The lowest BCUT2D eigenvalue weighted by atomic mass is 9.98. The average Bonchev–Trinajstić information content (AvgIpc) is 2.89. The van der Waals surface area contributed by atoms with Gasteiger partial charge in [0.15, 0.2) is 0 Å². The van der Waals surface area contributed by atoms with E-state index in [1.54, 1.807) is 0 Å². The fraction of sp³-hybridized carbons (Fsp3) is 0.176. The van der Waals surface area contributed by atoms with Crippen molar-refractivity contribution in [1.29, 1.82) is 0 Å². The molecule has 3 aromatic rings. The fourth-order valence-electron chi connectivity index (χ4n) is 2.59. The third-order valence-corrected chi connectivity index (χ3v) is 3.50. The number of fused-ring (bicyclic) bond motifs is 1. The highest BCUT2D eigenvalue weighted by Gasteiger charge is 2.08. The standard InChI is InChI=1S/C17H18N2/c18-16(11-13-5-2-1-3-6-13)12-15-8-4-7-14-9-10-19-17(14)15/h1-10,16,19H,11-12,18H2. The molecule has 1 aromatic heterocycles. The average molecular weight is 250 g/mol. The Hall–Kier alpha value is -2.06. The predicted octanol–water partition coefficient (Wildman–Crippen LogP) is 3.28. The monoisotopic (exact) mass is 250 g/mol. The Morgan fingerprint density at radius 2 is 1.74 bits per heavy atom. The number of para-hydroxylation sites is 1. The van der Waals surface area contributed by atoms with E-state index < -0.39 is 0 Å². The number of rotatable bonds is 4. The second-order valence-electron chi connectivity index (χ2n) is 5.01. The van der Waals surface area contributed by atoms with E-state index in [9.17, 15) is 0 Å². The second kappa shape index (κ2) is 5.29. The van der Waals surface area contributed by atoms with Crippen molar-refractivity contribution in [2.75, 3.05) is 0 Å². The Balaban J connectivity index is 1.76. The van der Waals surface area contributed by atoms with Crippen molar-refractivity contribution in [3.05, 3.63) is 71.9 Å². The smallest absolute Gasteiger partial charge is 0.0487 e. The van der Waals surface area contributed by atoms with Crippen molar-refractivity contribution in [1.82, 2.24) is 4.98 Å². The van der Waals surface area contributed by atoms with E-state index in [4.69, 9.17) is 5.73 Å². The quantitative estimate of drug-likeness (QED) is 0.733. The van der Waals surface area contributed by atoms with Crippen LogP contribution in [0.25, 0.3) is 10.9 Å². The second-order valence-corrected chi connectivity index (χ2v) is 5.01. The number of aromatic nitrogens is 1. The van der Waals surface area contributed by atoms with Crippen LogP contribution in [-0.2, 0) is 12.8 Å². The molecule has 0 saturated carbocycles. The van der Waals surface area contributed by atoms with Crippen molar-refractivity contribution in [3.63, 3.8) is 0 Å². The van der Waals surface area contributed by atoms with E-state index in [0.29, 0.717) is 0 Å². The summed E-state index contributed by atoms with van der Waals surface area (Å²) in [7, 11) is 0. The van der Waals surface area contributed by atoms with Crippen LogP contribution in [0.1, 0.15) is 11.1 Å². The maximum Gasteiger partial charge on any atom is 0.0487 e. The van der Waals surface area contributed by atoms with Crippen LogP contribution in [0.3, 0.4) is 0 Å². The Kier molecular flexibility index (Phi) is 3.34. The van der Waals surface area contributed by atoms with Gasteiger partial charge in [0.2, 0.25) is 0 Å². The zero-order valence-electron chi connectivity index (χ0n) is 10.8. The van der Waals surface area contributed by atoms with Crippen LogP contribution < -0.4 is 5.73 Å². The predicted molar refractivity (Wildman–Crippen MR) is 80.1 cm³/mol. The first-order valence-electron chi connectivity index (χ1n) is 6.67. The molecule has 3 N–H and O–H groups in total. The van der Waals surface area contributed by atoms with E-state index in [0.717, 1.165) is 12.8 Å². The molecule has 1 atom stereocenters. The molecule has 1 unspecified atom stereocenters. The van der Waals surface area contributed by atoms with Crippen LogP contribution in [0.15, 0.2) is 60.8 Å². The zero-order valence-corrected chi connectivity index (χ0v) is 10.8. The van der Waals surface area contributed by atoms with Gasteiger partial charge in [-0.15, -0.1) is 0 Å². The summed E-state index contributed by atoms with van der Waals surface area (Å²) in [6, 6.07) is 19.1. The summed E-state index contributed by atoms with van der Waals surface area (Å²) < 4.78 is 0. The van der Waals surface area contributed by atoms with Gasteiger partial charge in [0.1, 0.15) is 0 Å². The van der Waals surface area contributed by atoms with Crippen LogP contribution >= 0.6 is 0 Å². The molecular formula is C17H18N2. The van der Waals surface area contributed by atoms with Crippen LogP contribution in [0.2, 0.25) is 0 Å².